The maximum Gasteiger partial charge on any atom is 0.150 e. The lowest BCUT2D eigenvalue weighted by Crippen LogP contribution is -1.85. The third-order valence-corrected chi connectivity index (χ3v) is 2.43. The molecule has 0 saturated carbocycles. The Labute approximate surface area is 98.1 Å². The molecular weight excluding hydrogens is 214 g/mol. The molecule has 0 heterocycles. The summed E-state index contributed by atoms with van der Waals surface area (Å²) < 4.78 is 0. The quantitative estimate of drug-likeness (QED) is 0.334. The van der Waals surface area contributed by atoms with Crippen LogP contribution in [-0.2, 0) is 0 Å². The molecule has 0 aliphatic carbocycles. The molecule has 4 heteroatoms. The van der Waals surface area contributed by atoms with Crippen molar-refractivity contribution >= 4 is 12.0 Å². The molecule has 0 amide bonds. The van der Waals surface area contributed by atoms with Crippen LogP contribution in [0.3, 0.4) is 0 Å². The van der Waals surface area contributed by atoms with E-state index in [0.29, 0.717) is 11.3 Å². The van der Waals surface area contributed by atoms with Gasteiger partial charge in [0.25, 0.3) is 0 Å². The van der Waals surface area contributed by atoms with Gasteiger partial charge < -0.3 is 0 Å². The lowest BCUT2D eigenvalue weighted by Gasteiger charge is -2.04. The van der Waals surface area contributed by atoms with E-state index in [-0.39, 0.29) is 0 Å². The van der Waals surface area contributed by atoms with Crippen LogP contribution in [0.15, 0.2) is 53.6 Å². The van der Waals surface area contributed by atoms with Crippen molar-refractivity contribution < 1.29 is 4.79 Å². The van der Waals surface area contributed by atoms with Crippen LogP contribution in [0.4, 0.5) is 5.69 Å². The third-order valence-electron chi connectivity index (χ3n) is 2.43. The fraction of sp³-hybridized carbons (Fsp3) is 0. The van der Waals surface area contributed by atoms with Crippen LogP contribution < -0.4 is 0 Å². The molecule has 0 aliphatic heterocycles. The Morgan fingerprint density at radius 1 is 1.06 bits per heavy atom. The van der Waals surface area contributed by atoms with Crippen LogP contribution in [0.25, 0.3) is 21.6 Å². The summed E-state index contributed by atoms with van der Waals surface area (Å²) in [6.07, 6.45) is 0.830. The van der Waals surface area contributed by atoms with Crippen molar-refractivity contribution in [2.75, 3.05) is 0 Å². The summed E-state index contributed by atoms with van der Waals surface area (Å²) in [5, 5.41) is 3.50. The van der Waals surface area contributed by atoms with E-state index in [1.807, 2.05) is 30.3 Å². The highest BCUT2D eigenvalue weighted by Gasteiger charge is 2.02. The van der Waals surface area contributed by atoms with Crippen molar-refractivity contribution in [2.24, 2.45) is 5.11 Å². The van der Waals surface area contributed by atoms with Crippen molar-refractivity contribution in [2.45, 2.75) is 0 Å². The van der Waals surface area contributed by atoms with Gasteiger partial charge in [0.2, 0.25) is 0 Å². The first-order valence-electron chi connectivity index (χ1n) is 5.05. The van der Waals surface area contributed by atoms with E-state index in [9.17, 15) is 4.79 Å². The summed E-state index contributed by atoms with van der Waals surface area (Å²) >= 11 is 0. The van der Waals surface area contributed by atoms with Gasteiger partial charge in [-0.05, 0) is 16.7 Å². The Morgan fingerprint density at radius 3 is 2.41 bits per heavy atom. The Bertz CT molecular complexity index is 584. The number of nitrogens with zero attached hydrogens (tertiary/aromatic N) is 3. The second-order valence-corrected chi connectivity index (χ2v) is 3.44. The molecule has 0 unspecified atom stereocenters. The largest absolute Gasteiger partial charge is 0.298 e. The molecule has 17 heavy (non-hydrogen) atoms. The van der Waals surface area contributed by atoms with Crippen LogP contribution in [-0.4, -0.2) is 6.29 Å². The molecule has 0 aliphatic rings. The summed E-state index contributed by atoms with van der Waals surface area (Å²) in [6.45, 7) is 0. The molecule has 2 rings (SSSR count). The van der Waals surface area contributed by atoms with Crippen LogP contribution in [0.1, 0.15) is 10.4 Å². The lowest BCUT2D eigenvalue weighted by molar-refractivity contribution is 0.112. The standard InChI is InChI=1S/C13H9N3O/c14-16-15-12-7-5-10(6-8-12)13-4-2-1-3-11(13)9-17/h1-9H. The molecule has 4 nitrogen and oxygen atoms in total. The average molecular weight is 223 g/mol. The number of carbonyl (C=O) groups excluding carboxylic acids is 1. The normalized spacial score (nSPS) is 9.41. The zero-order chi connectivity index (χ0) is 12.1. The van der Waals surface area contributed by atoms with E-state index < -0.39 is 0 Å². The molecular formula is C13H9N3O. The summed E-state index contributed by atoms with van der Waals surface area (Å²) in [4.78, 5) is 13.6. The topological polar surface area (TPSA) is 65.8 Å². The van der Waals surface area contributed by atoms with Crippen molar-refractivity contribution in [3.8, 4) is 11.1 Å². The highest BCUT2D eigenvalue weighted by atomic mass is 16.1. The van der Waals surface area contributed by atoms with Gasteiger partial charge in [0.1, 0.15) is 0 Å². The number of azide groups is 1. The molecule has 0 fully saturated rings. The number of hydrogen-bond donors (Lipinski definition) is 0. The second-order valence-electron chi connectivity index (χ2n) is 3.44. The molecule has 82 valence electrons. The van der Waals surface area contributed by atoms with Crippen LogP contribution >= 0.6 is 0 Å². The SMILES string of the molecule is [N-]=[N+]=Nc1ccc(-c2ccccc2C=O)cc1. The van der Waals surface area contributed by atoms with E-state index in [1.54, 1.807) is 18.2 Å². The molecule has 0 radical (unpaired) electrons. The zero-order valence-electron chi connectivity index (χ0n) is 8.95. The van der Waals surface area contributed by atoms with E-state index >= 15 is 0 Å². The minimum atomic E-state index is 0.555. The van der Waals surface area contributed by atoms with Gasteiger partial charge in [-0.1, -0.05) is 53.6 Å². The second kappa shape index (κ2) is 4.96. The van der Waals surface area contributed by atoms with E-state index in [2.05, 4.69) is 10.0 Å². The maximum atomic E-state index is 10.9. The Balaban J connectivity index is 2.46. The first-order valence-corrected chi connectivity index (χ1v) is 5.05. The van der Waals surface area contributed by atoms with Gasteiger partial charge in [0.05, 0.1) is 0 Å². The van der Waals surface area contributed by atoms with E-state index in [1.165, 1.54) is 0 Å². The fourth-order valence-electron chi connectivity index (χ4n) is 1.62. The molecule has 0 saturated heterocycles. The van der Waals surface area contributed by atoms with Crippen molar-refractivity contribution in [1.29, 1.82) is 0 Å². The minimum Gasteiger partial charge on any atom is -0.298 e. The molecule has 0 bridgehead atoms. The summed E-state index contributed by atoms with van der Waals surface area (Å²) in [6, 6.07) is 14.4. The Morgan fingerprint density at radius 2 is 1.76 bits per heavy atom. The van der Waals surface area contributed by atoms with E-state index in [4.69, 9.17) is 5.53 Å². The third kappa shape index (κ3) is 2.33. The number of benzene rings is 2. The summed E-state index contributed by atoms with van der Waals surface area (Å²) in [5.41, 5.74) is 11.3. The maximum absolute atomic E-state index is 10.9. The number of carbonyl (C=O) groups is 1. The minimum absolute atomic E-state index is 0.555. The van der Waals surface area contributed by atoms with Crippen LogP contribution in [0, 0.1) is 0 Å². The molecule has 0 spiro atoms. The molecule has 0 atom stereocenters. The van der Waals surface area contributed by atoms with Gasteiger partial charge in [-0.15, -0.1) is 0 Å². The van der Waals surface area contributed by atoms with Gasteiger partial charge in [-0.25, -0.2) is 0 Å². The number of rotatable bonds is 3. The Hall–Kier alpha value is -2.58. The fourth-order valence-corrected chi connectivity index (χ4v) is 1.62. The lowest BCUT2D eigenvalue weighted by atomic mass is 10.0. The number of aldehydes is 1. The van der Waals surface area contributed by atoms with Crippen LogP contribution in [0.2, 0.25) is 0 Å². The van der Waals surface area contributed by atoms with Crippen molar-refractivity contribution in [3.63, 3.8) is 0 Å². The van der Waals surface area contributed by atoms with Crippen molar-refractivity contribution in [3.05, 3.63) is 64.5 Å². The molecule has 2 aromatic rings. The van der Waals surface area contributed by atoms with Gasteiger partial charge in [0, 0.05) is 16.2 Å². The first kappa shape index (κ1) is 10.9. The molecule has 2 aromatic carbocycles. The Kier molecular flexibility index (Phi) is 3.19. The number of hydrogen-bond acceptors (Lipinski definition) is 2. The molecule has 0 aromatic heterocycles. The highest BCUT2D eigenvalue weighted by Crippen LogP contribution is 2.24. The monoisotopic (exact) mass is 223 g/mol. The van der Waals surface area contributed by atoms with Crippen molar-refractivity contribution in [1.82, 2.24) is 0 Å². The van der Waals surface area contributed by atoms with Gasteiger partial charge >= 0.3 is 0 Å². The predicted molar refractivity (Wildman–Crippen MR) is 66.1 cm³/mol. The zero-order valence-corrected chi connectivity index (χ0v) is 8.95. The van der Waals surface area contributed by atoms with Gasteiger partial charge in [-0.2, -0.15) is 0 Å². The van der Waals surface area contributed by atoms with Gasteiger partial charge in [-0.3, -0.25) is 4.79 Å². The smallest absolute Gasteiger partial charge is 0.150 e. The average Bonchev–Trinajstić information content (AvgIpc) is 2.40. The van der Waals surface area contributed by atoms with Crippen LogP contribution in [0.5, 0.6) is 0 Å². The highest BCUT2D eigenvalue weighted by molar-refractivity contribution is 5.87. The molecule has 0 N–H and O–H groups in total. The van der Waals surface area contributed by atoms with Gasteiger partial charge in [0.15, 0.2) is 6.29 Å². The first-order chi connectivity index (χ1) is 8.35. The summed E-state index contributed by atoms with van der Waals surface area (Å²) in [7, 11) is 0. The van der Waals surface area contributed by atoms with E-state index in [0.717, 1.165) is 17.4 Å². The summed E-state index contributed by atoms with van der Waals surface area (Å²) in [5.74, 6) is 0. The predicted octanol–water partition coefficient (Wildman–Crippen LogP) is 4.11.